The molecule has 0 aromatic heterocycles. The number of hydrogen-bond acceptors (Lipinski definition) is 0. The molecule has 0 atom stereocenters. The lowest BCUT2D eigenvalue weighted by molar-refractivity contribution is 0.577. The van der Waals surface area contributed by atoms with Crippen molar-refractivity contribution in [3.8, 4) is 0 Å². The molecule has 0 bridgehead atoms. The summed E-state index contributed by atoms with van der Waals surface area (Å²) in [5, 5.41) is 0.393. The maximum Gasteiger partial charge on any atom is 0.133 e. The first-order valence-corrected chi connectivity index (χ1v) is 4.19. The molecular formula is C10H9ClF2. The minimum absolute atomic E-state index is 0.0463. The van der Waals surface area contributed by atoms with Gasteiger partial charge in [0, 0.05) is 5.03 Å². The van der Waals surface area contributed by atoms with Crippen LogP contribution >= 0.6 is 11.6 Å². The highest BCUT2D eigenvalue weighted by atomic mass is 35.5. The first kappa shape index (κ1) is 10.2. The van der Waals surface area contributed by atoms with Crippen LogP contribution < -0.4 is 0 Å². The van der Waals surface area contributed by atoms with Crippen LogP contribution in [0.25, 0.3) is 5.57 Å². The zero-order valence-electron chi connectivity index (χ0n) is 7.37. The van der Waals surface area contributed by atoms with Crippen LogP contribution in [0.1, 0.15) is 19.4 Å². The fourth-order valence-electron chi connectivity index (χ4n) is 1.03. The zero-order valence-corrected chi connectivity index (χ0v) is 8.12. The monoisotopic (exact) mass is 202 g/mol. The van der Waals surface area contributed by atoms with Crippen molar-refractivity contribution in [2.75, 3.05) is 0 Å². The van der Waals surface area contributed by atoms with Crippen molar-refractivity contribution < 1.29 is 8.78 Å². The average molecular weight is 203 g/mol. The topological polar surface area (TPSA) is 0 Å². The van der Waals surface area contributed by atoms with E-state index < -0.39 is 11.6 Å². The molecule has 0 spiro atoms. The Hall–Kier alpha value is -0.890. The van der Waals surface area contributed by atoms with E-state index in [0.29, 0.717) is 10.6 Å². The summed E-state index contributed by atoms with van der Waals surface area (Å²) < 4.78 is 26.3. The van der Waals surface area contributed by atoms with Gasteiger partial charge in [-0.25, -0.2) is 8.78 Å². The minimum Gasteiger partial charge on any atom is -0.206 e. The molecule has 1 rings (SSSR count). The molecule has 0 aliphatic carbocycles. The summed E-state index contributed by atoms with van der Waals surface area (Å²) >= 11 is 5.65. The van der Waals surface area contributed by atoms with Gasteiger partial charge in [-0.15, -0.1) is 0 Å². The Labute approximate surface area is 80.8 Å². The highest BCUT2D eigenvalue weighted by molar-refractivity contribution is 6.32. The minimum atomic E-state index is -0.586. The predicted molar refractivity (Wildman–Crippen MR) is 50.5 cm³/mol. The third-order valence-electron chi connectivity index (χ3n) is 1.85. The summed E-state index contributed by atoms with van der Waals surface area (Å²) in [5.41, 5.74) is 0.382. The molecule has 0 aliphatic heterocycles. The first-order valence-electron chi connectivity index (χ1n) is 3.81. The fourth-order valence-corrected chi connectivity index (χ4v) is 1.12. The molecule has 1 aromatic carbocycles. The van der Waals surface area contributed by atoms with Gasteiger partial charge in [-0.1, -0.05) is 17.7 Å². The summed E-state index contributed by atoms with van der Waals surface area (Å²) in [7, 11) is 0. The van der Waals surface area contributed by atoms with Gasteiger partial charge in [0.05, 0.1) is 5.56 Å². The molecular weight excluding hydrogens is 194 g/mol. The Morgan fingerprint density at radius 1 is 1.15 bits per heavy atom. The number of halogens is 3. The van der Waals surface area contributed by atoms with Gasteiger partial charge in [0.1, 0.15) is 11.6 Å². The third-order valence-corrected chi connectivity index (χ3v) is 2.14. The van der Waals surface area contributed by atoms with Crippen molar-refractivity contribution in [2.45, 2.75) is 13.8 Å². The van der Waals surface area contributed by atoms with Gasteiger partial charge in [0.25, 0.3) is 0 Å². The molecule has 3 heteroatoms. The van der Waals surface area contributed by atoms with Crippen LogP contribution in [-0.2, 0) is 0 Å². The highest BCUT2D eigenvalue weighted by Crippen LogP contribution is 2.25. The molecule has 0 amide bonds. The van der Waals surface area contributed by atoms with Crippen LogP contribution in [0.4, 0.5) is 8.78 Å². The van der Waals surface area contributed by atoms with E-state index in [9.17, 15) is 8.78 Å². The van der Waals surface area contributed by atoms with Crippen LogP contribution in [0, 0.1) is 11.6 Å². The molecule has 0 radical (unpaired) electrons. The number of rotatable bonds is 1. The van der Waals surface area contributed by atoms with Gasteiger partial charge in [-0.3, -0.25) is 0 Å². The van der Waals surface area contributed by atoms with Gasteiger partial charge < -0.3 is 0 Å². The van der Waals surface area contributed by atoms with Gasteiger partial charge >= 0.3 is 0 Å². The summed E-state index contributed by atoms with van der Waals surface area (Å²) in [5.74, 6) is -1.17. The lowest BCUT2D eigenvalue weighted by atomic mass is 10.1. The van der Waals surface area contributed by atoms with E-state index in [-0.39, 0.29) is 5.56 Å². The second-order valence-corrected chi connectivity index (χ2v) is 3.32. The molecule has 0 saturated carbocycles. The van der Waals surface area contributed by atoms with Gasteiger partial charge in [-0.05, 0) is 31.6 Å². The van der Waals surface area contributed by atoms with Crippen molar-refractivity contribution >= 4 is 17.2 Å². The van der Waals surface area contributed by atoms with E-state index in [1.807, 2.05) is 0 Å². The molecule has 70 valence electrons. The molecule has 1 aromatic rings. The molecule has 0 unspecified atom stereocenters. The van der Waals surface area contributed by atoms with E-state index in [4.69, 9.17) is 11.6 Å². The average Bonchev–Trinajstić information content (AvgIpc) is 2.03. The smallest absolute Gasteiger partial charge is 0.133 e. The Morgan fingerprint density at radius 3 is 2.00 bits per heavy atom. The molecule has 13 heavy (non-hydrogen) atoms. The normalized spacial score (nSPS) is 12.7. The van der Waals surface area contributed by atoms with Crippen LogP contribution in [-0.4, -0.2) is 0 Å². The van der Waals surface area contributed by atoms with E-state index in [1.165, 1.54) is 18.2 Å². The van der Waals surface area contributed by atoms with Crippen molar-refractivity contribution in [3.05, 3.63) is 40.4 Å². The van der Waals surface area contributed by atoms with E-state index >= 15 is 0 Å². The zero-order chi connectivity index (χ0) is 10.0. The Kier molecular flexibility index (Phi) is 3.04. The summed E-state index contributed by atoms with van der Waals surface area (Å²) in [6.07, 6.45) is 0. The first-order chi connectivity index (χ1) is 6.04. The Morgan fingerprint density at radius 2 is 1.62 bits per heavy atom. The van der Waals surface area contributed by atoms with Gasteiger partial charge in [0.2, 0.25) is 0 Å². The second kappa shape index (κ2) is 3.88. The number of benzene rings is 1. The maximum absolute atomic E-state index is 13.1. The molecule has 0 heterocycles. The van der Waals surface area contributed by atoms with Crippen LogP contribution in [0.3, 0.4) is 0 Å². The standard InChI is InChI=1S/C10H9ClF2/c1-6(7(2)11)10-8(12)4-3-5-9(10)13/h3-5H,1-2H3/b7-6-. The van der Waals surface area contributed by atoms with Crippen LogP contribution in [0.15, 0.2) is 23.2 Å². The fraction of sp³-hybridized carbons (Fsp3) is 0.200. The lowest BCUT2D eigenvalue weighted by Gasteiger charge is -2.05. The van der Waals surface area contributed by atoms with Gasteiger partial charge in [-0.2, -0.15) is 0 Å². The number of hydrogen-bond donors (Lipinski definition) is 0. The van der Waals surface area contributed by atoms with E-state index in [1.54, 1.807) is 13.8 Å². The van der Waals surface area contributed by atoms with Crippen molar-refractivity contribution in [1.29, 1.82) is 0 Å². The molecule has 0 saturated heterocycles. The molecule has 0 fully saturated rings. The quantitative estimate of drug-likeness (QED) is 0.647. The SMILES string of the molecule is C/C(Cl)=C(\C)c1c(F)cccc1F. The van der Waals surface area contributed by atoms with E-state index in [2.05, 4.69) is 0 Å². The maximum atomic E-state index is 13.1. The summed E-state index contributed by atoms with van der Waals surface area (Å²) in [6.45, 7) is 3.19. The molecule has 0 nitrogen and oxygen atoms in total. The molecule has 0 N–H and O–H groups in total. The Balaban J connectivity index is 3.37. The van der Waals surface area contributed by atoms with Crippen molar-refractivity contribution in [3.63, 3.8) is 0 Å². The number of allylic oxidation sites excluding steroid dienone is 2. The second-order valence-electron chi connectivity index (χ2n) is 2.76. The highest BCUT2D eigenvalue weighted by Gasteiger charge is 2.10. The van der Waals surface area contributed by atoms with Crippen molar-refractivity contribution in [2.24, 2.45) is 0 Å². The summed E-state index contributed by atoms with van der Waals surface area (Å²) in [4.78, 5) is 0. The Bertz CT molecular complexity index is 332. The molecule has 0 aliphatic rings. The van der Waals surface area contributed by atoms with Crippen LogP contribution in [0.5, 0.6) is 0 Å². The van der Waals surface area contributed by atoms with E-state index in [0.717, 1.165) is 0 Å². The van der Waals surface area contributed by atoms with Gasteiger partial charge in [0.15, 0.2) is 0 Å². The van der Waals surface area contributed by atoms with Crippen LogP contribution in [0.2, 0.25) is 0 Å². The largest absolute Gasteiger partial charge is 0.206 e. The predicted octanol–water partition coefficient (Wildman–Crippen LogP) is 3.95. The van der Waals surface area contributed by atoms with Crippen molar-refractivity contribution in [1.82, 2.24) is 0 Å². The third kappa shape index (κ3) is 2.07. The lowest BCUT2D eigenvalue weighted by Crippen LogP contribution is -1.92. The summed E-state index contributed by atoms with van der Waals surface area (Å²) in [6, 6.07) is 3.74.